The van der Waals surface area contributed by atoms with E-state index in [0.717, 1.165) is 12.8 Å². The predicted molar refractivity (Wildman–Crippen MR) is 97.0 cm³/mol. The highest BCUT2D eigenvalue weighted by Gasteiger charge is 2.33. The smallest absolute Gasteiger partial charge is 0.243 e. The van der Waals surface area contributed by atoms with Crippen LogP contribution in [0.15, 0.2) is 29.2 Å². The summed E-state index contributed by atoms with van der Waals surface area (Å²) in [6.45, 7) is 7.05. The minimum absolute atomic E-state index is 0.0547. The van der Waals surface area contributed by atoms with Crippen LogP contribution in [0.25, 0.3) is 0 Å². The molecule has 1 amide bonds. The van der Waals surface area contributed by atoms with Crippen LogP contribution in [-0.4, -0.2) is 44.4 Å². The zero-order chi connectivity index (χ0) is 18.4. The lowest BCUT2D eigenvalue weighted by Gasteiger charge is -2.31. The number of hydrogen-bond donors (Lipinski definition) is 1. The SMILES string of the molecule is CCOc1ccc(S(=O)(=O)N2CCC[C@@H](C(=O)N[C@@H](C)CC)C2)cc1. The van der Waals surface area contributed by atoms with E-state index in [4.69, 9.17) is 4.74 Å². The maximum atomic E-state index is 12.9. The molecule has 0 saturated carbocycles. The number of benzene rings is 1. The van der Waals surface area contributed by atoms with E-state index in [1.807, 2.05) is 20.8 Å². The summed E-state index contributed by atoms with van der Waals surface area (Å²) in [4.78, 5) is 12.6. The van der Waals surface area contributed by atoms with Crippen molar-refractivity contribution in [3.05, 3.63) is 24.3 Å². The van der Waals surface area contributed by atoms with Gasteiger partial charge in [-0.25, -0.2) is 8.42 Å². The van der Waals surface area contributed by atoms with Gasteiger partial charge in [-0.1, -0.05) is 6.92 Å². The van der Waals surface area contributed by atoms with Gasteiger partial charge in [0.15, 0.2) is 0 Å². The van der Waals surface area contributed by atoms with Gasteiger partial charge in [0.2, 0.25) is 15.9 Å². The van der Waals surface area contributed by atoms with E-state index >= 15 is 0 Å². The Morgan fingerprint density at radius 1 is 1.32 bits per heavy atom. The van der Waals surface area contributed by atoms with Gasteiger partial charge in [-0.15, -0.1) is 0 Å². The van der Waals surface area contributed by atoms with Crippen molar-refractivity contribution in [2.45, 2.75) is 51.0 Å². The number of rotatable bonds is 7. The Morgan fingerprint density at radius 2 is 2.00 bits per heavy atom. The number of carbonyl (C=O) groups excluding carboxylic acids is 1. The van der Waals surface area contributed by atoms with Crippen molar-refractivity contribution in [2.24, 2.45) is 5.92 Å². The maximum Gasteiger partial charge on any atom is 0.243 e. The third-order valence-corrected chi connectivity index (χ3v) is 6.41. The molecule has 0 bridgehead atoms. The zero-order valence-electron chi connectivity index (χ0n) is 15.2. The van der Waals surface area contributed by atoms with Crippen LogP contribution in [0.5, 0.6) is 5.75 Å². The molecular formula is C18H28N2O4S. The molecule has 1 aromatic carbocycles. The van der Waals surface area contributed by atoms with Crippen molar-refractivity contribution < 1.29 is 17.9 Å². The number of sulfonamides is 1. The molecule has 1 N–H and O–H groups in total. The van der Waals surface area contributed by atoms with Crippen LogP contribution < -0.4 is 10.1 Å². The summed E-state index contributed by atoms with van der Waals surface area (Å²) in [7, 11) is -3.60. The van der Waals surface area contributed by atoms with E-state index in [1.165, 1.54) is 4.31 Å². The fourth-order valence-corrected chi connectivity index (χ4v) is 4.38. The fraction of sp³-hybridized carbons (Fsp3) is 0.611. The van der Waals surface area contributed by atoms with Gasteiger partial charge >= 0.3 is 0 Å². The Labute approximate surface area is 150 Å². The van der Waals surface area contributed by atoms with Gasteiger partial charge in [-0.2, -0.15) is 4.31 Å². The second-order valence-electron chi connectivity index (χ2n) is 6.42. The van der Waals surface area contributed by atoms with Gasteiger partial charge in [0, 0.05) is 19.1 Å². The molecule has 2 atom stereocenters. The maximum absolute atomic E-state index is 12.9. The summed E-state index contributed by atoms with van der Waals surface area (Å²) in [6.07, 6.45) is 2.26. The normalized spacial score (nSPS) is 20.0. The zero-order valence-corrected chi connectivity index (χ0v) is 16.0. The van der Waals surface area contributed by atoms with Crippen LogP contribution in [-0.2, 0) is 14.8 Å². The first-order valence-corrected chi connectivity index (χ1v) is 10.4. The van der Waals surface area contributed by atoms with Crippen molar-refractivity contribution in [1.29, 1.82) is 0 Å². The van der Waals surface area contributed by atoms with Crippen LogP contribution in [0.3, 0.4) is 0 Å². The average molecular weight is 368 g/mol. The lowest BCUT2D eigenvalue weighted by molar-refractivity contribution is -0.126. The molecule has 0 aromatic heterocycles. The molecule has 7 heteroatoms. The molecule has 6 nitrogen and oxygen atoms in total. The lowest BCUT2D eigenvalue weighted by Crippen LogP contribution is -2.46. The third-order valence-electron chi connectivity index (χ3n) is 4.53. The van der Waals surface area contributed by atoms with Crippen LogP contribution >= 0.6 is 0 Å². The predicted octanol–water partition coefficient (Wildman–Crippen LogP) is 2.40. The highest BCUT2D eigenvalue weighted by molar-refractivity contribution is 7.89. The molecule has 140 valence electrons. The number of hydrogen-bond acceptors (Lipinski definition) is 4. The Bertz CT molecular complexity index is 673. The van der Waals surface area contributed by atoms with Gasteiger partial charge in [0.1, 0.15) is 5.75 Å². The molecule has 25 heavy (non-hydrogen) atoms. The topological polar surface area (TPSA) is 75.7 Å². The molecule has 0 radical (unpaired) electrons. The van der Waals surface area contributed by atoms with Crippen molar-refractivity contribution in [3.63, 3.8) is 0 Å². The van der Waals surface area contributed by atoms with E-state index in [0.29, 0.717) is 25.3 Å². The second-order valence-corrected chi connectivity index (χ2v) is 8.36. The summed E-state index contributed by atoms with van der Waals surface area (Å²) in [6, 6.07) is 6.54. The molecule has 1 aliphatic rings. The average Bonchev–Trinajstić information content (AvgIpc) is 2.62. The summed E-state index contributed by atoms with van der Waals surface area (Å²) in [5.74, 6) is 0.298. The van der Waals surface area contributed by atoms with Gasteiger partial charge in [0.05, 0.1) is 17.4 Å². The minimum atomic E-state index is -3.60. The number of nitrogens with one attached hydrogen (secondary N) is 1. The Balaban J connectivity index is 2.09. The number of carbonyl (C=O) groups is 1. The van der Waals surface area contributed by atoms with Crippen molar-refractivity contribution in [1.82, 2.24) is 9.62 Å². The van der Waals surface area contributed by atoms with Crippen molar-refractivity contribution in [3.8, 4) is 5.75 Å². The summed E-state index contributed by atoms with van der Waals surface area (Å²) in [5.41, 5.74) is 0. The van der Waals surface area contributed by atoms with E-state index in [2.05, 4.69) is 5.32 Å². The molecule has 1 fully saturated rings. The lowest BCUT2D eigenvalue weighted by atomic mass is 9.98. The summed E-state index contributed by atoms with van der Waals surface area (Å²) < 4.78 is 32.5. The molecule has 0 aliphatic carbocycles. The largest absolute Gasteiger partial charge is 0.494 e. The quantitative estimate of drug-likeness (QED) is 0.802. The molecular weight excluding hydrogens is 340 g/mol. The third kappa shape index (κ3) is 4.95. The Hall–Kier alpha value is -1.60. The van der Waals surface area contributed by atoms with Gasteiger partial charge in [-0.3, -0.25) is 4.79 Å². The molecule has 2 rings (SSSR count). The van der Waals surface area contributed by atoms with Gasteiger partial charge in [-0.05, 0) is 57.4 Å². The molecule has 1 aliphatic heterocycles. The van der Waals surface area contributed by atoms with Crippen LogP contribution in [0.4, 0.5) is 0 Å². The monoisotopic (exact) mass is 368 g/mol. The minimum Gasteiger partial charge on any atom is -0.494 e. The van der Waals surface area contributed by atoms with E-state index in [-0.39, 0.29) is 29.3 Å². The number of amides is 1. The van der Waals surface area contributed by atoms with Crippen molar-refractivity contribution >= 4 is 15.9 Å². The van der Waals surface area contributed by atoms with E-state index in [9.17, 15) is 13.2 Å². The number of ether oxygens (including phenoxy) is 1. The molecule has 1 aromatic rings. The molecule has 0 unspecified atom stereocenters. The Morgan fingerprint density at radius 3 is 2.60 bits per heavy atom. The highest BCUT2D eigenvalue weighted by atomic mass is 32.2. The van der Waals surface area contributed by atoms with Gasteiger partial charge < -0.3 is 10.1 Å². The first kappa shape index (κ1) is 19.7. The number of nitrogens with zero attached hydrogens (tertiary/aromatic N) is 1. The molecule has 1 heterocycles. The molecule has 0 spiro atoms. The molecule has 1 saturated heterocycles. The van der Waals surface area contributed by atoms with E-state index < -0.39 is 10.0 Å². The van der Waals surface area contributed by atoms with Crippen LogP contribution in [0, 0.1) is 5.92 Å². The summed E-state index contributed by atoms with van der Waals surface area (Å²) in [5, 5.41) is 2.96. The fourth-order valence-electron chi connectivity index (χ4n) is 2.86. The van der Waals surface area contributed by atoms with Crippen molar-refractivity contribution in [2.75, 3.05) is 19.7 Å². The standard InChI is InChI=1S/C18H28N2O4S/c1-4-14(3)19-18(21)15-7-6-12-20(13-15)25(22,23)17-10-8-16(9-11-17)24-5-2/h8-11,14-15H,4-7,12-13H2,1-3H3,(H,19,21)/t14-,15+/m0/s1. The van der Waals surface area contributed by atoms with Crippen LogP contribution in [0.2, 0.25) is 0 Å². The van der Waals surface area contributed by atoms with Gasteiger partial charge in [0.25, 0.3) is 0 Å². The Kier molecular flexibility index (Phi) is 6.84. The first-order valence-electron chi connectivity index (χ1n) is 8.91. The van der Waals surface area contributed by atoms with Crippen LogP contribution in [0.1, 0.15) is 40.0 Å². The highest BCUT2D eigenvalue weighted by Crippen LogP contribution is 2.25. The van der Waals surface area contributed by atoms with E-state index in [1.54, 1.807) is 24.3 Å². The number of piperidine rings is 1. The first-order chi connectivity index (χ1) is 11.9. The summed E-state index contributed by atoms with van der Waals surface area (Å²) >= 11 is 0. The second kappa shape index (κ2) is 8.67.